The monoisotopic (exact) mass is 323 g/mol. The molecule has 4 rings (SSSR count). The summed E-state index contributed by atoms with van der Waals surface area (Å²) in [6.45, 7) is 4.58. The Bertz CT molecular complexity index is 659. The van der Waals surface area contributed by atoms with Crippen molar-refractivity contribution in [1.82, 2.24) is 0 Å². The molecule has 0 N–H and O–H groups in total. The number of ether oxygens (including phenoxy) is 1. The number of hydrogen-bond donors (Lipinski definition) is 0. The van der Waals surface area contributed by atoms with Crippen molar-refractivity contribution in [3.63, 3.8) is 0 Å². The lowest BCUT2D eigenvalue weighted by Crippen LogP contribution is -2.25. The molecule has 0 saturated carbocycles. The molecule has 0 aromatic heterocycles. The molecule has 4 aliphatic rings. The standard InChI is InChI=1S/C22H29NO/c1-15(2)20-13-18(16-8-4-3-5-9-16)19(14-23-20)22-12-17-10-6-7-11-21(17)24-22/h6,8,10,14-15,20,22H,3-5,7,9,11-13H2,1-2H3. The maximum absolute atomic E-state index is 6.37. The van der Waals surface area contributed by atoms with E-state index in [9.17, 15) is 0 Å². The van der Waals surface area contributed by atoms with Gasteiger partial charge in [0.1, 0.15) is 11.9 Å². The molecule has 0 radical (unpaired) electrons. The van der Waals surface area contributed by atoms with Crippen LogP contribution in [0.5, 0.6) is 0 Å². The van der Waals surface area contributed by atoms with Crippen LogP contribution in [0.15, 0.2) is 51.3 Å². The minimum Gasteiger partial charge on any atom is -0.489 e. The Labute approximate surface area is 146 Å². The van der Waals surface area contributed by atoms with Crippen molar-refractivity contribution in [3.05, 3.63) is 46.3 Å². The van der Waals surface area contributed by atoms with Crippen molar-refractivity contribution in [3.8, 4) is 0 Å². The lowest BCUT2D eigenvalue weighted by molar-refractivity contribution is 0.169. The van der Waals surface area contributed by atoms with Gasteiger partial charge in [-0.05, 0) is 61.2 Å². The largest absolute Gasteiger partial charge is 0.489 e. The molecule has 0 saturated heterocycles. The number of rotatable bonds is 3. The Balaban J connectivity index is 1.64. The van der Waals surface area contributed by atoms with Gasteiger partial charge in [0.2, 0.25) is 0 Å². The Hall–Kier alpha value is -1.57. The van der Waals surface area contributed by atoms with Gasteiger partial charge in [0.25, 0.3) is 0 Å². The number of nitrogens with zero attached hydrogens (tertiary/aromatic N) is 1. The predicted octanol–water partition coefficient (Wildman–Crippen LogP) is 5.68. The number of aliphatic imine (C=N–C) groups is 1. The highest BCUT2D eigenvalue weighted by Crippen LogP contribution is 2.40. The highest BCUT2D eigenvalue weighted by atomic mass is 16.5. The van der Waals surface area contributed by atoms with Crippen LogP contribution in [0.2, 0.25) is 0 Å². The molecule has 2 atom stereocenters. The molecule has 2 heterocycles. The summed E-state index contributed by atoms with van der Waals surface area (Å²) in [7, 11) is 0. The lowest BCUT2D eigenvalue weighted by Gasteiger charge is -2.29. The molecule has 2 aliphatic heterocycles. The van der Waals surface area contributed by atoms with Crippen LogP contribution in [-0.4, -0.2) is 18.4 Å². The topological polar surface area (TPSA) is 21.6 Å². The van der Waals surface area contributed by atoms with Crippen molar-refractivity contribution in [1.29, 1.82) is 0 Å². The van der Waals surface area contributed by atoms with Crippen LogP contribution in [0.4, 0.5) is 0 Å². The van der Waals surface area contributed by atoms with Gasteiger partial charge in [0.05, 0.1) is 6.04 Å². The van der Waals surface area contributed by atoms with E-state index in [-0.39, 0.29) is 6.10 Å². The van der Waals surface area contributed by atoms with Gasteiger partial charge in [-0.3, -0.25) is 4.99 Å². The summed E-state index contributed by atoms with van der Waals surface area (Å²) in [6.07, 6.45) is 18.8. The highest BCUT2D eigenvalue weighted by Gasteiger charge is 2.32. The van der Waals surface area contributed by atoms with Crippen molar-refractivity contribution in [2.75, 3.05) is 0 Å². The molecule has 0 bridgehead atoms. The average Bonchev–Trinajstić information content (AvgIpc) is 3.06. The summed E-state index contributed by atoms with van der Waals surface area (Å²) in [5.74, 6) is 1.83. The second-order valence-corrected chi connectivity index (χ2v) is 7.90. The Morgan fingerprint density at radius 3 is 2.79 bits per heavy atom. The maximum Gasteiger partial charge on any atom is 0.129 e. The van der Waals surface area contributed by atoms with E-state index in [4.69, 9.17) is 9.73 Å². The van der Waals surface area contributed by atoms with E-state index >= 15 is 0 Å². The molecule has 0 spiro atoms. The molecule has 128 valence electrons. The van der Waals surface area contributed by atoms with Crippen LogP contribution in [0.25, 0.3) is 0 Å². The van der Waals surface area contributed by atoms with Gasteiger partial charge in [-0.25, -0.2) is 0 Å². The van der Waals surface area contributed by atoms with E-state index < -0.39 is 0 Å². The molecule has 24 heavy (non-hydrogen) atoms. The molecular weight excluding hydrogens is 294 g/mol. The molecule has 2 aliphatic carbocycles. The van der Waals surface area contributed by atoms with Crippen LogP contribution < -0.4 is 0 Å². The first-order valence-electron chi connectivity index (χ1n) is 9.73. The van der Waals surface area contributed by atoms with Gasteiger partial charge in [0.15, 0.2) is 0 Å². The Kier molecular flexibility index (Phi) is 4.47. The molecule has 2 unspecified atom stereocenters. The Morgan fingerprint density at radius 1 is 1.12 bits per heavy atom. The van der Waals surface area contributed by atoms with Crippen LogP contribution in [0, 0.1) is 5.92 Å². The van der Waals surface area contributed by atoms with Crippen LogP contribution in [0.1, 0.15) is 65.2 Å². The molecule has 2 nitrogen and oxygen atoms in total. The summed E-state index contributed by atoms with van der Waals surface area (Å²) in [6, 6.07) is 0.426. The average molecular weight is 323 g/mol. The highest BCUT2D eigenvalue weighted by molar-refractivity contribution is 5.84. The molecule has 0 aromatic rings. The SMILES string of the molecule is CC(C)C1CC(C2=CCCCC2)=C(C2CC3=C(CCC=C3)O2)C=N1. The van der Waals surface area contributed by atoms with E-state index in [0.717, 1.165) is 25.7 Å². The van der Waals surface area contributed by atoms with Gasteiger partial charge in [-0.15, -0.1) is 0 Å². The first-order chi connectivity index (χ1) is 11.7. The Morgan fingerprint density at radius 2 is 2.04 bits per heavy atom. The van der Waals surface area contributed by atoms with Crippen molar-refractivity contribution < 1.29 is 4.74 Å². The lowest BCUT2D eigenvalue weighted by atomic mass is 9.81. The van der Waals surface area contributed by atoms with E-state index in [2.05, 4.69) is 38.3 Å². The van der Waals surface area contributed by atoms with Crippen LogP contribution >= 0.6 is 0 Å². The summed E-state index contributed by atoms with van der Waals surface area (Å²) in [5, 5.41) is 0. The molecule has 0 aromatic carbocycles. The van der Waals surface area contributed by atoms with Gasteiger partial charge in [-0.2, -0.15) is 0 Å². The van der Waals surface area contributed by atoms with Crippen molar-refractivity contribution >= 4 is 6.21 Å². The first-order valence-corrected chi connectivity index (χ1v) is 9.73. The molecule has 0 fully saturated rings. The van der Waals surface area contributed by atoms with E-state index in [1.54, 1.807) is 11.1 Å². The van der Waals surface area contributed by atoms with Gasteiger partial charge < -0.3 is 4.74 Å². The van der Waals surface area contributed by atoms with Gasteiger partial charge in [0, 0.05) is 24.6 Å². The molecule has 0 amide bonds. The fourth-order valence-corrected chi connectivity index (χ4v) is 4.34. The first kappa shape index (κ1) is 15.9. The van der Waals surface area contributed by atoms with Gasteiger partial charge >= 0.3 is 0 Å². The molecule has 2 heteroatoms. The summed E-state index contributed by atoms with van der Waals surface area (Å²) >= 11 is 0. The second-order valence-electron chi connectivity index (χ2n) is 7.90. The second kappa shape index (κ2) is 6.74. The number of hydrogen-bond acceptors (Lipinski definition) is 2. The number of dihydropyridines is 1. The van der Waals surface area contributed by atoms with Gasteiger partial charge in [-0.1, -0.05) is 32.1 Å². The number of allylic oxidation sites excluding steroid dienone is 5. The zero-order valence-electron chi connectivity index (χ0n) is 15.1. The van der Waals surface area contributed by atoms with E-state index in [1.165, 1.54) is 42.6 Å². The third-order valence-corrected chi connectivity index (χ3v) is 5.87. The van der Waals surface area contributed by atoms with E-state index in [1.807, 2.05) is 0 Å². The zero-order valence-corrected chi connectivity index (χ0v) is 15.1. The molecular formula is C22H29NO. The summed E-state index contributed by atoms with van der Waals surface area (Å²) in [5.41, 5.74) is 5.91. The normalized spacial score (nSPS) is 29.9. The minimum absolute atomic E-state index is 0.187. The maximum atomic E-state index is 6.37. The quantitative estimate of drug-likeness (QED) is 0.655. The fourth-order valence-electron chi connectivity index (χ4n) is 4.34. The van der Waals surface area contributed by atoms with Crippen LogP contribution in [-0.2, 0) is 4.74 Å². The van der Waals surface area contributed by atoms with Crippen LogP contribution in [0.3, 0.4) is 0 Å². The zero-order chi connectivity index (χ0) is 16.5. The minimum atomic E-state index is 0.187. The predicted molar refractivity (Wildman–Crippen MR) is 100 cm³/mol. The summed E-state index contributed by atoms with van der Waals surface area (Å²) < 4.78 is 6.37. The third-order valence-electron chi connectivity index (χ3n) is 5.87. The summed E-state index contributed by atoms with van der Waals surface area (Å²) in [4.78, 5) is 4.89. The fraction of sp³-hybridized carbons (Fsp3) is 0.591. The third kappa shape index (κ3) is 3.03. The van der Waals surface area contributed by atoms with E-state index in [0.29, 0.717) is 12.0 Å². The van der Waals surface area contributed by atoms with Crippen molar-refractivity contribution in [2.24, 2.45) is 10.9 Å². The smallest absolute Gasteiger partial charge is 0.129 e. The van der Waals surface area contributed by atoms with Crippen molar-refractivity contribution in [2.45, 2.75) is 77.4 Å².